The Hall–Kier alpha value is -4.39. The number of rotatable bonds is 9. The van der Waals surface area contributed by atoms with E-state index in [0.29, 0.717) is 42.7 Å². The van der Waals surface area contributed by atoms with Gasteiger partial charge in [-0.15, -0.1) is 0 Å². The summed E-state index contributed by atoms with van der Waals surface area (Å²) in [6.07, 6.45) is 4.67. The third-order valence-corrected chi connectivity index (χ3v) is 5.74. The number of amides is 1. The van der Waals surface area contributed by atoms with Gasteiger partial charge < -0.3 is 18.9 Å². The number of nitrogens with zero attached hydrogens (tertiary/aromatic N) is 3. The van der Waals surface area contributed by atoms with Gasteiger partial charge in [-0.05, 0) is 41.8 Å². The quantitative estimate of drug-likeness (QED) is 0.329. The molecule has 176 valence electrons. The Labute approximate surface area is 203 Å². The van der Waals surface area contributed by atoms with Crippen LogP contribution in [0.25, 0.3) is 17.5 Å². The van der Waals surface area contributed by atoms with Gasteiger partial charge in [0, 0.05) is 31.1 Å². The fourth-order valence-electron chi connectivity index (χ4n) is 3.82. The third-order valence-electron chi connectivity index (χ3n) is 5.74. The van der Waals surface area contributed by atoms with E-state index in [2.05, 4.69) is 22.3 Å². The average Bonchev–Trinajstić information content (AvgIpc) is 3.58. The number of carbonyl (C=O) groups is 1. The molecule has 0 bridgehead atoms. The number of hydrogen-bond acceptors (Lipinski definition) is 6. The van der Waals surface area contributed by atoms with Crippen LogP contribution in [0.15, 0.2) is 89.5 Å². The van der Waals surface area contributed by atoms with Crippen molar-refractivity contribution in [3.05, 3.63) is 102 Å². The molecule has 0 unspecified atom stereocenters. The lowest BCUT2D eigenvalue weighted by Crippen LogP contribution is -2.33. The Kier molecular flexibility index (Phi) is 6.84. The number of carbonyl (C=O) groups excluding carboxylic acids is 1. The monoisotopic (exact) mass is 467 g/mol. The number of fused-ring (bicyclic) bond motifs is 1. The van der Waals surface area contributed by atoms with E-state index in [9.17, 15) is 4.79 Å². The standard InChI is InChI=1S/C28H25N3O4/c32-27(14-11-21-7-3-1-4-8-21)31(17-15-22-9-5-2-6-10-22)18-16-26-29-28(30-35-26)23-12-13-24-25(19-23)34-20-33-24/h1-14,19H,15-18,20H2. The van der Waals surface area contributed by atoms with Crippen molar-refractivity contribution in [2.24, 2.45) is 0 Å². The predicted octanol–water partition coefficient (Wildman–Crippen LogP) is 4.79. The second-order valence-corrected chi connectivity index (χ2v) is 8.13. The number of benzene rings is 3. The molecule has 0 saturated heterocycles. The van der Waals surface area contributed by atoms with Crippen LogP contribution < -0.4 is 9.47 Å². The van der Waals surface area contributed by atoms with E-state index in [0.717, 1.165) is 17.5 Å². The first-order valence-corrected chi connectivity index (χ1v) is 11.5. The number of aromatic nitrogens is 2. The molecule has 5 rings (SSSR count). The van der Waals surface area contributed by atoms with E-state index in [1.165, 1.54) is 5.56 Å². The highest BCUT2D eigenvalue weighted by atomic mass is 16.7. The maximum Gasteiger partial charge on any atom is 0.246 e. The molecule has 1 amide bonds. The minimum absolute atomic E-state index is 0.0553. The molecule has 0 saturated carbocycles. The first-order valence-electron chi connectivity index (χ1n) is 11.5. The summed E-state index contributed by atoms with van der Waals surface area (Å²) in [4.78, 5) is 19.4. The number of hydrogen-bond donors (Lipinski definition) is 0. The minimum atomic E-state index is -0.0553. The molecule has 4 aromatic rings. The largest absolute Gasteiger partial charge is 0.454 e. The van der Waals surface area contributed by atoms with Crippen molar-refractivity contribution in [3.8, 4) is 22.9 Å². The highest BCUT2D eigenvalue weighted by Gasteiger charge is 2.18. The fourth-order valence-corrected chi connectivity index (χ4v) is 3.82. The molecule has 7 nitrogen and oxygen atoms in total. The molecule has 1 aliphatic rings. The van der Waals surface area contributed by atoms with Crippen LogP contribution >= 0.6 is 0 Å². The Morgan fingerprint density at radius 1 is 0.886 bits per heavy atom. The van der Waals surface area contributed by atoms with Gasteiger partial charge in [0.2, 0.25) is 24.4 Å². The van der Waals surface area contributed by atoms with Crippen LogP contribution in [0.3, 0.4) is 0 Å². The highest BCUT2D eigenvalue weighted by molar-refractivity contribution is 5.91. The lowest BCUT2D eigenvalue weighted by Gasteiger charge is -2.20. The molecule has 7 heteroatoms. The molecule has 0 N–H and O–H groups in total. The average molecular weight is 468 g/mol. The molecule has 35 heavy (non-hydrogen) atoms. The van der Waals surface area contributed by atoms with Crippen LogP contribution in [0.5, 0.6) is 11.5 Å². The molecule has 0 spiro atoms. The van der Waals surface area contributed by atoms with Crippen molar-refractivity contribution in [1.29, 1.82) is 0 Å². The summed E-state index contributed by atoms with van der Waals surface area (Å²) in [6.45, 7) is 1.26. The van der Waals surface area contributed by atoms with Gasteiger partial charge in [-0.2, -0.15) is 4.98 Å². The van der Waals surface area contributed by atoms with Crippen molar-refractivity contribution in [1.82, 2.24) is 15.0 Å². The molecule has 0 aliphatic carbocycles. The molecular formula is C28H25N3O4. The van der Waals surface area contributed by atoms with Crippen molar-refractivity contribution < 1.29 is 18.8 Å². The highest BCUT2D eigenvalue weighted by Crippen LogP contribution is 2.35. The second kappa shape index (κ2) is 10.7. The van der Waals surface area contributed by atoms with Gasteiger partial charge in [0.25, 0.3) is 0 Å². The second-order valence-electron chi connectivity index (χ2n) is 8.13. The van der Waals surface area contributed by atoms with E-state index in [4.69, 9.17) is 14.0 Å². The van der Waals surface area contributed by atoms with Crippen molar-refractivity contribution in [2.45, 2.75) is 12.8 Å². The van der Waals surface area contributed by atoms with Gasteiger partial charge >= 0.3 is 0 Å². The van der Waals surface area contributed by atoms with Gasteiger partial charge in [-0.1, -0.05) is 65.8 Å². The molecule has 0 atom stereocenters. The summed E-state index contributed by atoms with van der Waals surface area (Å²) in [5.41, 5.74) is 2.95. The minimum Gasteiger partial charge on any atom is -0.454 e. The van der Waals surface area contributed by atoms with Gasteiger partial charge in [-0.3, -0.25) is 4.79 Å². The van der Waals surface area contributed by atoms with Crippen LogP contribution in [0.1, 0.15) is 17.0 Å². The Morgan fingerprint density at radius 2 is 1.63 bits per heavy atom. The Balaban J connectivity index is 1.26. The summed E-state index contributed by atoms with van der Waals surface area (Å²) < 4.78 is 16.3. The van der Waals surface area contributed by atoms with E-state index >= 15 is 0 Å². The van der Waals surface area contributed by atoms with E-state index in [1.54, 1.807) is 6.08 Å². The summed E-state index contributed by atoms with van der Waals surface area (Å²) >= 11 is 0. The van der Waals surface area contributed by atoms with Gasteiger partial charge in [0.1, 0.15) is 0 Å². The zero-order chi connectivity index (χ0) is 23.9. The zero-order valence-electron chi connectivity index (χ0n) is 19.2. The lowest BCUT2D eigenvalue weighted by molar-refractivity contribution is -0.126. The Morgan fingerprint density at radius 3 is 2.46 bits per heavy atom. The lowest BCUT2D eigenvalue weighted by atomic mass is 10.1. The van der Waals surface area contributed by atoms with E-state index < -0.39 is 0 Å². The SMILES string of the molecule is O=C(C=Cc1ccccc1)N(CCc1ccccc1)CCc1nc(-c2ccc3c(c2)OCO3)no1. The summed E-state index contributed by atoms with van der Waals surface area (Å²) in [5.74, 6) is 2.26. The van der Waals surface area contributed by atoms with Gasteiger partial charge in [-0.25, -0.2) is 0 Å². The zero-order valence-corrected chi connectivity index (χ0v) is 19.2. The maximum absolute atomic E-state index is 13.0. The van der Waals surface area contributed by atoms with Crippen LogP contribution in [-0.2, 0) is 17.6 Å². The van der Waals surface area contributed by atoms with Crippen LogP contribution in [0, 0.1) is 0 Å². The fraction of sp³-hybridized carbons (Fsp3) is 0.179. The smallest absolute Gasteiger partial charge is 0.246 e. The molecule has 3 aromatic carbocycles. The van der Waals surface area contributed by atoms with Crippen molar-refractivity contribution in [3.63, 3.8) is 0 Å². The van der Waals surface area contributed by atoms with Gasteiger partial charge in [0.15, 0.2) is 11.5 Å². The Bertz CT molecular complexity index is 1300. The topological polar surface area (TPSA) is 77.7 Å². The summed E-state index contributed by atoms with van der Waals surface area (Å²) in [6, 6.07) is 25.5. The van der Waals surface area contributed by atoms with Crippen molar-refractivity contribution >= 4 is 12.0 Å². The maximum atomic E-state index is 13.0. The molecule has 1 aliphatic heterocycles. The molecule has 2 heterocycles. The summed E-state index contributed by atoms with van der Waals surface area (Å²) in [7, 11) is 0. The molecule has 1 aromatic heterocycles. The van der Waals surface area contributed by atoms with Crippen LogP contribution in [-0.4, -0.2) is 40.8 Å². The van der Waals surface area contributed by atoms with Crippen molar-refractivity contribution in [2.75, 3.05) is 19.9 Å². The molecular weight excluding hydrogens is 442 g/mol. The third kappa shape index (κ3) is 5.76. The molecule has 0 radical (unpaired) electrons. The predicted molar refractivity (Wildman–Crippen MR) is 132 cm³/mol. The van der Waals surface area contributed by atoms with Gasteiger partial charge in [0.05, 0.1) is 0 Å². The first-order chi connectivity index (χ1) is 17.2. The van der Waals surface area contributed by atoms with E-state index in [1.807, 2.05) is 77.7 Å². The van der Waals surface area contributed by atoms with Crippen LogP contribution in [0.4, 0.5) is 0 Å². The number of ether oxygens (including phenoxy) is 2. The summed E-state index contributed by atoms with van der Waals surface area (Å²) in [5, 5.41) is 4.10. The molecule has 0 fully saturated rings. The van der Waals surface area contributed by atoms with E-state index in [-0.39, 0.29) is 12.7 Å². The normalized spacial score (nSPS) is 12.2. The first kappa shape index (κ1) is 22.4. The van der Waals surface area contributed by atoms with Crippen LogP contribution in [0.2, 0.25) is 0 Å².